The summed E-state index contributed by atoms with van der Waals surface area (Å²) in [5.74, 6) is 1.90. The van der Waals surface area contributed by atoms with E-state index in [1.807, 2.05) is 61.6 Å². The van der Waals surface area contributed by atoms with Crippen molar-refractivity contribution in [2.75, 3.05) is 26.9 Å². The summed E-state index contributed by atoms with van der Waals surface area (Å²) >= 11 is 0. The third-order valence-electron chi connectivity index (χ3n) is 5.98. The highest BCUT2D eigenvalue weighted by Crippen LogP contribution is 2.37. The molecule has 2 aromatic carbocycles. The molecule has 1 heterocycles. The minimum absolute atomic E-state index is 0.229. The third kappa shape index (κ3) is 6.94. The maximum atomic E-state index is 10.7. The number of aromatic nitrogens is 2. The van der Waals surface area contributed by atoms with E-state index in [4.69, 9.17) is 19.3 Å². The molecule has 188 valence electrons. The Labute approximate surface area is 208 Å². The summed E-state index contributed by atoms with van der Waals surface area (Å²) < 4.78 is 19.2. The second-order valence-electron chi connectivity index (χ2n) is 8.54. The Hall–Kier alpha value is -3.13. The van der Waals surface area contributed by atoms with Crippen LogP contribution in [0.4, 0.5) is 0 Å². The Morgan fingerprint density at radius 2 is 1.80 bits per heavy atom. The average molecular weight is 480 g/mol. The van der Waals surface area contributed by atoms with Gasteiger partial charge in [0.2, 0.25) is 5.88 Å². The number of hydrogen-bond acceptors (Lipinski definition) is 6. The minimum Gasteiger partial charge on any atom is -0.493 e. The van der Waals surface area contributed by atoms with Crippen LogP contribution >= 0.6 is 0 Å². The van der Waals surface area contributed by atoms with Crippen LogP contribution in [0.3, 0.4) is 0 Å². The molecule has 0 fully saturated rings. The molecule has 0 aliphatic rings. The first-order valence-corrected chi connectivity index (χ1v) is 12.0. The summed E-state index contributed by atoms with van der Waals surface area (Å²) in [4.78, 5) is 2.25. The van der Waals surface area contributed by atoms with Crippen molar-refractivity contribution in [1.82, 2.24) is 14.7 Å². The summed E-state index contributed by atoms with van der Waals surface area (Å²) in [7, 11) is 3.51. The fraction of sp³-hybridized carbons (Fsp3) is 0.393. The maximum Gasteiger partial charge on any atom is 0.222 e. The zero-order valence-corrected chi connectivity index (χ0v) is 21.2. The number of para-hydroxylation sites is 2. The molecule has 0 bridgehead atoms. The van der Waals surface area contributed by atoms with Crippen molar-refractivity contribution in [1.29, 1.82) is 0 Å². The number of hydrogen-bond donors (Lipinski definition) is 1. The summed E-state index contributed by atoms with van der Waals surface area (Å²) in [6, 6.07) is 17.9. The predicted octanol–water partition coefficient (Wildman–Crippen LogP) is 5.05. The molecule has 7 nitrogen and oxygen atoms in total. The molecule has 0 aliphatic carbocycles. The lowest BCUT2D eigenvalue weighted by Gasteiger charge is -2.30. The van der Waals surface area contributed by atoms with Gasteiger partial charge in [-0.2, -0.15) is 5.10 Å². The molecule has 1 N–H and O–H groups in total. The predicted molar refractivity (Wildman–Crippen MR) is 139 cm³/mol. The van der Waals surface area contributed by atoms with Crippen molar-refractivity contribution < 1.29 is 19.3 Å². The molecule has 35 heavy (non-hydrogen) atoms. The first-order valence-electron chi connectivity index (χ1n) is 12.0. The van der Waals surface area contributed by atoms with Crippen LogP contribution in [0.15, 0.2) is 67.3 Å². The standard InChI is InChI=1S/C28H37N3O4/c1-6-17-34-20-23(32)18-31(21(3)7-2)19-24-27(22-13-9-8-10-14-22)29-30(4)28(24)35-26-16-12-11-15-25(26)33-5/h6,8-16,21,23,32H,1,7,17-20H2,2-5H3/t21-,23-/m0/s1. The van der Waals surface area contributed by atoms with Crippen LogP contribution < -0.4 is 9.47 Å². The molecule has 2 atom stereocenters. The highest BCUT2D eigenvalue weighted by Gasteiger charge is 2.26. The Morgan fingerprint density at radius 1 is 1.11 bits per heavy atom. The Kier molecular flexibility index (Phi) is 9.90. The summed E-state index contributed by atoms with van der Waals surface area (Å²) in [5, 5.41) is 15.5. The van der Waals surface area contributed by atoms with Crippen molar-refractivity contribution in [2.24, 2.45) is 7.05 Å². The van der Waals surface area contributed by atoms with Gasteiger partial charge in [0, 0.05) is 31.7 Å². The molecule has 0 spiro atoms. The van der Waals surface area contributed by atoms with Crippen LogP contribution in [0.2, 0.25) is 0 Å². The smallest absolute Gasteiger partial charge is 0.222 e. The van der Waals surface area contributed by atoms with Crippen molar-refractivity contribution in [3.63, 3.8) is 0 Å². The van der Waals surface area contributed by atoms with E-state index < -0.39 is 6.10 Å². The normalized spacial score (nSPS) is 13.0. The molecule has 0 amide bonds. The van der Waals surface area contributed by atoms with E-state index in [0.29, 0.717) is 37.1 Å². The number of rotatable bonds is 14. The lowest BCUT2D eigenvalue weighted by molar-refractivity contribution is 0.0156. The number of aliphatic hydroxyl groups excluding tert-OH is 1. The largest absolute Gasteiger partial charge is 0.493 e. The van der Waals surface area contributed by atoms with E-state index in [1.165, 1.54) is 0 Å². The summed E-state index contributed by atoms with van der Waals surface area (Å²) in [6.07, 6.45) is 1.99. The van der Waals surface area contributed by atoms with Gasteiger partial charge in [0.1, 0.15) is 5.69 Å². The van der Waals surface area contributed by atoms with Gasteiger partial charge in [-0.15, -0.1) is 6.58 Å². The van der Waals surface area contributed by atoms with Crippen molar-refractivity contribution in [3.8, 4) is 28.6 Å². The van der Waals surface area contributed by atoms with Crippen molar-refractivity contribution >= 4 is 0 Å². The minimum atomic E-state index is -0.626. The fourth-order valence-electron chi connectivity index (χ4n) is 3.93. The van der Waals surface area contributed by atoms with Crippen LogP contribution in [0, 0.1) is 0 Å². The fourth-order valence-corrected chi connectivity index (χ4v) is 3.93. The van der Waals surface area contributed by atoms with Crippen LogP contribution in [0.1, 0.15) is 25.8 Å². The molecular weight excluding hydrogens is 442 g/mol. The molecule has 1 aromatic heterocycles. The Morgan fingerprint density at radius 3 is 2.46 bits per heavy atom. The van der Waals surface area contributed by atoms with E-state index in [0.717, 1.165) is 23.2 Å². The molecule has 0 unspecified atom stereocenters. The highest BCUT2D eigenvalue weighted by atomic mass is 16.5. The van der Waals surface area contributed by atoms with Gasteiger partial charge in [-0.05, 0) is 25.5 Å². The monoisotopic (exact) mass is 479 g/mol. The first-order chi connectivity index (χ1) is 17.0. The molecule has 3 aromatic rings. The van der Waals surface area contributed by atoms with Crippen LogP contribution in [-0.2, 0) is 18.3 Å². The maximum absolute atomic E-state index is 10.7. The molecule has 0 aliphatic heterocycles. The molecule has 0 saturated carbocycles. The molecular formula is C28H37N3O4. The van der Waals surface area contributed by atoms with E-state index in [9.17, 15) is 5.11 Å². The van der Waals surface area contributed by atoms with Gasteiger partial charge in [-0.1, -0.05) is 55.5 Å². The van der Waals surface area contributed by atoms with Crippen LogP contribution in [-0.4, -0.2) is 58.8 Å². The number of aliphatic hydroxyl groups is 1. The van der Waals surface area contributed by atoms with Gasteiger partial charge in [0.25, 0.3) is 0 Å². The van der Waals surface area contributed by atoms with Gasteiger partial charge >= 0.3 is 0 Å². The quantitative estimate of drug-likeness (QED) is 0.258. The highest BCUT2D eigenvalue weighted by molar-refractivity contribution is 5.66. The lowest BCUT2D eigenvalue weighted by atomic mass is 10.1. The van der Waals surface area contributed by atoms with E-state index in [-0.39, 0.29) is 12.6 Å². The van der Waals surface area contributed by atoms with E-state index in [2.05, 4.69) is 25.3 Å². The average Bonchev–Trinajstić information content (AvgIpc) is 3.18. The van der Waals surface area contributed by atoms with Crippen molar-refractivity contribution in [3.05, 3.63) is 72.8 Å². The number of nitrogens with zero attached hydrogens (tertiary/aromatic N) is 3. The summed E-state index contributed by atoms with van der Waals surface area (Å²) in [5.41, 5.74) is 2.81. The number of aryl methyl sites for hydroxylation is 1. The topological polar surface area (TPSA) is 69.0 Å². The van der Waals surface area contributed by atoms with Crippen molar-refractivity contribution in [2.45, 2.75) is 39.0 Å². The van der Waals surface area contributed by atoms with Crippen LogP contribution in [0.5, 0.6) is 17.4 Å². The number of methoxy groups -OCH3 is 1. The molecule has 0 saturated heterocycles. The third-order valence-corrected chi connectivity index (χ3v) is 5.98. The molecule has 0 radical (unpaired) electrons. The molecule has 3 rings (SSSR count). The molecule has 7 heteroatoms. The SMILES string of the molecule is C=CCOC[C@@H](O)CN(Cc1c(-c2ccccc2)nn(C)c1Oc1ccccc1OC)[C@@H](C)CC. The number of ether oxygens (including phenoxy) is 3. The second kappa shape index (κ2) is 13.1. The Balaban J connectivity index is 2.00. The summed E-state index contributed by atoms with van der Waals surface area (Å²) in [6.45, 7) is 9.65. The van der Waals surface area contributed by atoms with Gasteiger partial charge in [-0.3, -0.25) is 4.90 Å². The van der Waals surface area contributed by atoms with E-state index in [1.54, 1.807) is 17.9 Å². The van der Waals surface area contributed by atoms with Gasteiger partial charge in [-0.25, -0.2) is 4.68 Å². The lowest BCUT2D eigenvalue weighted by Crippen LogP contribution is -2.40. The second-order valence-corrected chi connectivity index (χ2v) is 8.54. The van der Waals surface area contributed by atoms with Crippen LogP contribution in [0.25, 0.3) is 11.3 Å². The Bertz CT molecular complexity index is 1070. The number of benzene rings is 2. The van der Waals surface area contributed by atoms with Gasteiger partial charge in [0.05, 0.1) is 32.0 Å². The van der Waals surface area contributed by atoms with Gasteiger partial charge in [0.15, 0.2) is 11.5 Å². The zero-order chi connectivity index (χ0) is 25.2. The zero-order valence-electron chi connectivity index (χ0n) is 21.2. The van der Waals surface area contributed by atoms with Gasteiger partial charge < -0.3 is 19.3 Å². The van der Waals surface area contributed by atoms with E-state index >= 15 is 0 Å². The first kappa shape index (κ1) is 26.5.